The van der Waals surface area contributed by atoms with Crippen molar-refractivity contribution in [2.45, 2.75) is 19.4 Å². The highest BCUT2D eigenvalue weighted by atomic mass is 16.6. The molecule has 6 heteroatoms. The first kappa shape index (κ1) is 13.0. The third kappa shape index (κ3) is 4.10. The lowest BCUT2D eigenvalue weighted by atomic mass is 10.2. The number of hydrogen-bond donors (Lipinski definition) is 1. The SMILES string of the molecule is COC(=O)C[C@@H](C)Nc1ccc([N+](=O)[O-])cc1. The number of rotatable bonds is 5. The van der Waals surface area contributed by atoms with Gasteiger partial charge < -0.3 is 10.1 Å². The summed E-state index contributed by atoms with van der Waals surface area (Å²) in [6, 6.07) is 5.93. The number of anilines is 1. The predicted octanol–water partition coefficient (Wildman–Crippen LogP) is 1.96. The molecular weight excluding hydrogens is 224 g/mol. The lowest BCUT2D eigenvalue weighted by molar-refractivity contribution is -0.384. The molecule has 0 heterocycles. The molecule has 0 fully saturated rings. The maximum absolute atomic E-state index is 11.0. The number of nitrogens with zero attached hydrogens (tertiary/aromatic N) is 1. The molecule has 6 nitrogen and oxygen atoms in total. The Morgan fingerprint density at radius 3 is 2.53 bits per heavy atom. The average Bonchev–Trinajstić information content (AvgIpc) is 2.29. The molecule has 0 aliphatic heterocycles. The van der Waals surface area contributed by atoms with Crippen LogP contribution in [0.25, 0.3) is 0 Å². The fraction of sp³-hybridized carbons (Fsp3) is 0.364. The number of nitro groups is 1. The predicted molar refractivity (Wildman–Crippen MR) is 62.8 cm³/mol. The van der Waals surface area contributed by atoms with Gasteiger partial charge in [0.25, 0.3) is 5.69 Å². The monoisotopic (exact) mass is 238 g/mol. The van der Waals surface area contributed by atoms with Gasteiger partial charge in [-0.25, -0.2) is 0 Å². The summed E-state index contributed by atoms with van der Waals surface area (Å²) in [5.74, 6) is -0.299. The van der Waals surface area contributed by atoms with Crippen molar-refractivity contribution in [2.24, 2.45) is 0 Å². The molecule has 1 atom stereocenters. The number of esters is 1. The molecule has 0 spiro atoms. The van der Waals surface area contributed by atoms with Crippen molar-refractivity contribution in [2.75, 3.05) is 12.4 Å². The third-order valence-corrected chi connectivity index (χ3v) is 2.19. The largest absolute Gasteiger partial charge is 0.469 e. The molecule has 0 bridgehead atoms. The van der Waals surface area contributed by atoms with E-state index in [-0.39, 0.29) is 24.1 Å². The summed E-state index contributed by atoms with van der Waals surface area (Å²) in [4.78, 5) is 21.0. The van der Waals surface area contributed by atoms with Gasteiger partial charge in [-0.1, -0.05) is 0 Å². The Morgan fingerprint density at radius 1 is 1.47 bits per heavy atom. The first-order valence-corrected chi connectivity index (χ1v) is 5.10. The van der Waals surface area contributed by atoms with Crippen molar-refractivity contribution in [1.29, 1.82) is 0 Å². The molecule has 0 saturated heterocycles. The van der Waals surface area contributed by atoms with Crippen molar-refractivity contribution in [3.63, 3.8) is 0 Å². The van der Waals surface area contributed by atoms with Crippen LogP contribution in [0.15, 0.2) is 24.3 Å². The summed E-state index contributed by atoms with van der Waals surface area (Å²) in [6.07, 6.45) is 0.244. The summed E-state index contributed by atoms with van der Waals surface area (Å²) >= 11 is 0. The second-order valence-corrected chi connectivity index (χ2v) is 3.63. The van der Waals surface area contributed by atoms with Crippen LogP contribution in [-0.4, -0.2) is 24.0 Å². The minimum Gasteiger partial charge on any atom is -0.469 e. The van der Waals surface area contributed by atoms with Crippen molar-refractivity contribution in [3.8, 4) is 0 Å². The first-order valence-electron chi connectivity index (χ1n) is 5.10. The number of ether oxygens (including phenoxy) is 1. The van der Waals surface area contributed by atoms with Crippen LogP contribution < -0.4 is 5.32 Å². The van der Waals surface area contributed by atoms with E-state index in [9.17, 15) is 14.9 Å². The Balaban J connectivity index is 2.57. The van der Waals surface area contributed by atoms with Crippen molar-refractivity contribution in [1.82, 2.24) is 0 Å². The van der Waals surface area contributed by atoms with Gasteiger partial charge in [0, 0.05) is 23.9 Å². The van der Waals surface area contributed by atoms with Gasteiger partial charge in [0.15, 0.2) is 0 Å². The fourth-order valence-electron chi connectivity index (χ4n) is 1.35. The minimum atomic E-state index is -0.457. The van der Waals surface area contributed by atoms with Crippen LogP contribution in [0, 0.1) is 10.1 Å². The Morgan fingerprint density at radius 2 is 2.06 bits per heavy atom. The molecule has 1 aromatic carbocycles. The normalized spacial score (nSPS) is 11.6. The molecule has 0 aliphatic rings. The second kappa shape index (κ2) is 5.83. The maximum Gasteiger partial charge on any atom is 0.307 e. The average molecular weight is 238 g/mol. The Hall–Kier alpha value is -2.11. The van der Waals surface area contributed by atoms with Crippen LogP contribution in [0.3, 0.4) is 0 Å². The highest BCUT2D eigenvalue weighted by molar-refractivity contribution is 5.70. The van der Waals surface area contributed by atoms with Crippen LogP contribution in [0.5, 0.6) is 0 Å². The van der Waals surface area contributed by atoms with Gasteiger partial charge in [0.05, 0.1) is 18.5 Å². The fourth-order valence-corrected chi connectivity index (χ4v) is 1.35. The molecule has 0 aromatic heterocycles. The minimum absolute atomic E-state index is 0.0381. The Bertz CT molecular complexity index is 402. The molecule has 17 heavy (non-hydrogen) atoms. The maximum atomic E-state index is 11.0. The highest BCUT2D eigenvalue weighted by Crippen LogP contribution is 2.16. The molecule has 0 unspecified atom stereocenters. The van der Waals surface area contributed by atoms with E-state index in [1.807, 2.05) is 6.92 Å². The number of nitrogens with one attached hydrogen (secondary N) is 1. The van der Waals surface area contributed by atoms with Gasteiger partial charge >= 0.3 is 5.97 Å². The lowest BCUT2D eigenvalue weighted by Crippen LogP contribution is -2.20. The van der Waals surface area contributed by atoms with E-state index < -0.39 is 4.92 Å². The van der Waals surface area contributed by atoms with Crippen molar-refractivity contribution >= 4 is 17.3 Å². The second-order valence-electron chi connectivity index (χ2n) is 3.63. The molecule has 1 N–H and O–H groups in total. The van der Waals surface area contributed by atoms with E-state index in [1.54, 1.807) is 12.1 Å². The summed E-state index contributed by atoms with van der Waals surface area (Å²) in [6.45, 7) is 1.83. The molecule has 0 radical (unpaired) electrons. The number of carbonyl (C=O) groups excluding carboxylic acids is 1. The quantitative estimate of drug-likeness (QED) is 0.481. The number of carbonyl (C=O) groups is 1. The molecule has 0 saturated carbocycles. The van der Waals surface area contributed by atoms with E-state index in [0.29, 0.717) is 0 Å². The van der Waals surface area contributed by atoms with E-state index in [4.69, 9.17) is 0 Å². The zero-order chi connectivity index (χ0) is 12.8. The molecule has 0 aliphatic carbocycles. The number of non-ortho nitro benzene ring substituents is 1. The van der Waals surface area contributed by atoms with Crippen molar-refractivity contribution in [3.05, 3.63) is 34.4 Å². The van der Waals surface area contributed by atoms with Crippen LogP contribution in [0.1, 0.15) is 13.3 Å². The van der Waals surface area contributed by atoms with Gasteiger partial charge in [-0.05, 0) is 19.1 Å². The van der Waals surface area contributed by atoms with E-state index >= 15 is 0 Å². The van der Waals surface area contributed by atoms with Gasteiger partial charge in [-0.3, -0.25) is 14.9 Å². The zero-order valence-corrected chi connectivity index (χ0v) is 9.67. The molecular formula is C11H14N2O4. The Labute approximate surface area is 98.7 Å². The summed E-state index contributed by atoms with van der Waals surface area (Å²) in [5.41, 5.74) is 0.767. The van der Waals surface area contributed by atoms with E-state index in [2.05, 4.69) is 10.1 Å². The summed E-state index contributed by atoms with van der Waals surface area (Å²) < 4.78 is 4.54. The van der Waals surface area contributed by atoms with Crippen LogP contribution in [0.4, 0.5) is 11.4 Å². The smallest absolute Gasteiger partial charge is 0.307 e. The molecule has 0 amide bonds. The highest BCUT2D eigenvalue weighted by Gasteiger charge is 2.09. The molecule has 1 aromatic rings. The lowest BCUT2D eigenvalue weighted by Gasteiger charge is -2.13. The number of benzene rings is 1. The number of methoxy groups -OCH3 is 1. The van der Waals surface area contributed by atoms with Crippen LogP contribution >= 0.6 is 0 Å². The first-order chi connectivity index (χ1) is 8.02. The standard InChI is InChI=1S/C11H14N2O4/c1-8(7-11(14)17-2)12-9-3-5-10(6-4-9)13(15)16/h3-6,8,12H,7H2,1-2H3/t8-/m1/s1. The number of nitro benzene ring substituents is 1. The van der Waals surface area contributed by atoms with Crippen LogP contribution in [-0.2, 0) is 9.53 Å². The van der Waals surface area contributed by atoms with Gasteiger partial charge in [0.1, 0.15) is 0 Å². The van der Waals surface area contributed by atoms with E-state index in [0.717, 1.165) is 5.69 Å². The van der Waals surface area contributed by atoms with Gasteiger partial charge in [-0.2, -0.15) is 0 Å². The van der Waals surface area contributed by atoms with E-state index in [1.165, 1.54) is 19.2 Å². The zero-order valence-electron chi connectivity index (χ0n) is 9.67. The third-order valence-electron chi connectivity index (χ3n) is 2.19. The van der Waals surface area contributed by atoms with Crippen LogP contribution in [0.2, 0.25) is 0 Å². The Kier molecular flexibility index (Phi) is 4.45. The summed E-state index contributed by atoms with van der Waals surface area (Å²) in [7, 11) is 1.33. The van der Waals surface area contributed by atoms with Crippen molar-refractivity contribution < 1.29 is 14.5 Å². The van der Waals surface area contributed by atoms with Gasteiger partial charge in [-0.15, -0.1) is 0 Å². The number of hydrogen-bond acceptors (Lipinski definition) is 5. The van der Waals surface area contributed by atoms with Gasteiger partial charge in [0.2, 0.25) is 0 Å². The topological polar surface area (TPSA) is 81.5 Å². The molecule has 1 rings (SSSR count). The summed E-state index contributed by atoms with van der Waals surface area (Å²) in [5, 5.41) is 13.5. The molecule has 92 valence electrons.